The van der Waals surface area contributed by atoms with Crippen LogP contribution in [0.15, 0.2) is 24.3 Å². The maximum Gasteiger partial charge on any atom is 0.317 e. The number of ether oxygens (including phenoxy) is 1. The SMILES string of the molecule is CCC[C@@H](CNC(=O)N1CC(Oc2cccc(C)c2)C1)N(C)C. The highest BCUT2D eigenvalue weighted by molar-refractivity contribution is 5.75. The van der Waals surface area contributed by atoms with Crippen molar-refractivity contribution >= 4 is 6.03 Å². The molecule has 1 fully saturated rings. The fourth-order valence-corrected chi connectivity index (χ4v) is 2.75. The first kappa shape index (κ1) is 17.6. The van der Waals surface area contributed by atoms with E-state index in [2.05, 4.69) is 31.2 Å². The fourth-order valence-electron chi connectivity index (χ4n) is 2.75. The van der Waals surface area contributed by atoms with E-state index in [9.17, 15) is 4.79 Å². The van der Waals surface area contributed by atoms with Crippen LogP contribution in [0.5, 0.6) is 5.75 Å². The van der Waals surface area contributed by atoms with Crippen molar-refractivity contribution < 1.29 is 9.53 Å². The minimum Gasteiger partial charge on any atom is -0.487 e. The maximum atomic E-state index is 12.1. The topological polar surface area (TPSA) is 44.8 Å². The molecule has 5 nitrogen and oxygen atoms in total. The van der Waals surface area contributed by atoms with E-state index in [1.165, 1.54) is 5.56 Å². The Hall–Kier alpha value is -1.75. The standard InChI is InChI=1S/C18H29N3O2/c1-5-7-15(20(3)4)11-19-18(22)21-12-17(13-21)23-16-9-6-8-14(2)10-16/h6,8-10,15,17H,5,7,11-13H2,1-4H3,(H,19,22)/t15-/m0/s1. The molecule has 0 radical (unpaired) electrons. The summed E-state index contributed by atoms with van der Waals surface area (Å²) in [6.07, 6.45) is 2.31. The lowest BCUT2D eigenvalue weighted by Crippen LogP contribution is -2.59. The number of carbonyl (C=O) groups is 1. The molecule has 1 heterocycles. The van der Waals surface area contributed by atoms with Gasteiger partial charge in [0.1, 0.15) is 11.9 Å². The smallest absolute Gasteiger partial charge is 0.317 e. The van der Waals surface area contributed by atoms with Crippen LogP contribution in [0.4, 0.5) is 4.79 Å². The average molecular weight is 319 g/mol. The number of likely N-dealkylation sites (tertiary alicyclic amines) is 1. The highest BCUT2D eigenvalue weighted by atomic mass is 16.5. The molecular weight excluding hydrogens is 290 g/mol. The molecule has 23 heavy (non-hydrogen) atoms. The van der Waals surface area contributed by atoms with Gasteiger partial charge < -0.3 is 19.9 Å². The summed E-state index contributed by atoms with van der Waals surface area (Å²) in [7, 11) is 4.11. The molecule has 0 bridgehead atoms. The second kappa shape index (κ2) is 8.20. The molecule has 1 atom stereocenters. The van der Waals surface area contributed by atoms with E-state index in [0.717, 1.165) is 18.6 Å². The minimum atomic E-state index is 0.0112. The van der Waals surface area contributed by atoms with Crippen LogP contribution in [0.2, 0.25) is 0 Å². The number of nitrogens with zero attached hydrogens (tertiary/aromatic N) is 2. The Morgan fingerprint density at radius 1 is 1.43 bits per heavy atom. The molecule has 1 aliphatic rings. The van der Waals surface area contributed by atoms with Gasteiger partial charge in [0, 0.05) is 12.6 Å². The summed E-state index contributed by atoms with van der Waals surface area (Å²) in [4.78, 5) is 16.1. The number of carbonyl (C=O) groups excluding carboxylic acids is 1. The van der Waals surface area contributed by atoms with Gasteiger partial charge in [-0.25, -0.2) is 4.79 Å². The van der Waals surface area contributed by atoms with Gasteiger partial charge >= 0.3 is 6.03 Å². The Morgan fingerprint density at radius 2 is 2.17 bits per heavy atom. The maximum absolute atomic E-state index is 12.1. The van der Waals surface area contributed by atoms with Crippen LogP contribution < -0.4 is 10.1 Å². The van der Waals surface area contributed by atoms with Gasteiger partial charge in [-0.05, 0) is 45.1 Å². The van der Waals surface area contributed by atoms with Crippen LogP contribution in [0.1, 0.15) is 25.3 Å². The predicted molar refractivity (Wildman–Crippen MR) is 92.9 cm³/mol. The van der Waals surface area contributed by atoms with Crippen LogP contribution >= 0.6 is 0 Å². The van der Waals surface area contributed by atoms with Crippen molar-refractivity contribution in [3.05, 3.63) is 29.8 Å². The monoisotopic (exact) mass is 319 g/mol. The van der Waals surface area contributed by atoms with Gasteiger partial charge in [0.2, 0.25) is 0 Å². The lowest BCUT2D eigenvalue weighted by molar-refractivity contribution is 0.0438. The summed E-state index contributed by atoms with van der Waals surface area (Å²) in [6, 6.07) is 8.42. The first-order valence-electron chi connectivity index (χ1n) is 8.42. The third-order valence-electron chi connectivity index (χ3n) is 4.27. The Balaban J connectivity index is 1.70. The van der Waals surface area contributed by atoms with E-state index in [1.54, 1.807) is 4.90 Å². The van der Waals surface area contributed by atoms with Crippen LogP contribution in [-0.4, -0.2) is 61.7 Å². The fraction of sp³-hybridized carbons (Fsp3) is 0.611. The van der Waals surface area contributed by atoms with Gasteiger partial charge in [-0.1, -0.05) is 25.5 Å². The lowest BCUT2D eigenvalue weighted by Gasteiger charge is -2.39. The minimum absolute atomic E-state index is 0.0112. The number of hydrogen-bond acceptors (Lipinski definition) is 3. The normalized spacial score (nSPS) is 16.1. The number of amides is 2. The second-order valence-electron chi connectivity index (χ2n) is 6.55. The summed E-state index contributed by atoms with van der Waals surface area (Å²) in [6.45, 7) is 6.21. The van der Waals surface area contributed by atoms with Crippen molar-refractivity contribution in [2.45, 2.75) is 38.8 Å². The van der Waals surface area contributed by atoms with E-state index in [-0.39, 0.29) is 12.1 Å². The lowest BCUT2D eigenvalue weighted by atomic mass is 10.1. The van der Waals surface area contributed by atoms with E-state index in [0.29, 0.717) is 25.7 Å². The molecule has 2 rings (SSSR count). The highest BCUT2D eigenvalue weighted by Crippen LogP contribution is 2.19. The average Bonchev–Trinajstić information content (AvgIpc) is 2.46. The number of urea groups is 1. The molecular formula is C18H29N3O2. The third kappa shape index (κ3) is 5.13. The molecule has 128 valence electrons. The zero-order chi connectivity index (χ0) is 16.8. The van der Waals surface area contributed by atoms with E-state index in [1.807, 2.05) is 31.2 Å². The Morgan fingerprint density at radius 3 is 2.78 bits per heavy atom. The molecule has 1 N–H and O–H groups in total. The Bertz CT molecular complexity index is 513. The summed E-state index contributed by atoms with van der Waals surface area (Å²) in [5.41, 5.74) is 1.18. The quantitative estimate of drug-likeness (QED) is 0.840. The van der Waals surface area contributed by atoms with E-state index >= 15 is 0 Å². The van der Waals surface area contributed by atoms with Crippen molar-refractivity contribution in [1.29, 1.82) is 0 Å². The van der Waals surface area contributed by atoms with Crippen LogP contribution in [0.3, 0.4) is 0 Å². The van der Waals surface area contributed by atoms with E-state index < -0.39 is 0 Å². The molecule has 1 aliphatic heterocycles. The van der Waals surface area contributed by atoms with Crippen molar-refractivity contribution in [2.24, 2.45) is 0 Å². The van der Waals surface area contributed by atoms with Gasteiger partial charge in [-0.3, -0.25) is 0 Å². The molecule has 2 amide bonds. The second-order valence-corrected chi connectivity index (χ2v) is 6.55. The highest BCUT2D eigenvalue weighted by Gasteiger charge is 2.32. The number of aryl methyl sites for hydroxylation is 1. The number of nitrogens with one attached hydrogen (secondary N) is 1. The van der Waals surface area contributed by atoms with Crippen LogP contribution in [0, 0.1) is 6.92 Å². The summed E-state index contributed by atoms with van der Waals surface area (Å²) in [5.74, 6) is 0.880. The number of benzene rings is 1. The molecule has 5 heteroatoms. The van der Waals surface area contributed by atoms with Crippen LogP contribution in [0.25, 0.3) is 0 Å². The molecule has 0 saturated carbocycles. The van der Waals surface area contributed by atoms with E-state index in [4.69, 9.17) is 4.74 Å². The molecule has 0 aromatic heterocycles. The van der Waals surface area contributed by atoms with Crippen molar-refractivity contribution in [3.63, 3.8) is 0 Å². The number of hydrogen-bond donors (Lipinski definition) is 1. The van der Waals surface area contributed by atoms with Crippen LogP contribution in [-0.2, 0) is 0 Å². The molecule has 0 unspecified atom stereocenters. The molecule has 0 aliphatic carbocycles. The van der Waals surface area contributed by atoms with Gasteiger partial charge in [-0.2, -0.15) is 0 Å². The van der Waals surface area contributed by atoms with Gasteiger partial charge in [-0.15, -0.1) is 0 Å². The Labute approximate surface area is 139 Å². The molecule has 1 saturated heterocycles. The first-order valence-corrected chi connectivity index (χ1v) is 8.42. The van der Waals surface area contributed by atoms with Gasteiger partial charge in [0.25, 0.3) is 0 Å². The molecule has 1 aromatic rings. The van der Waals surface area contributed by atoms with Crippen molar-refractivity contribution in [1.82, 2.24) is 15.1 Å². The predicted octanol–water partition coefficient (Wildman–Crippen LogP) is 2.50. The number of likely N-dealkylation sites (N-methyl/N-ethyl adjacent to an activating group) is 1. The van der Waals surface area contributed by atoms with Crippen molar-refractivity contribution in [3.8, 4) is 5.75 Å². The molecule has 1 aromatic carbocycles. The molecule has 0 spiro atoms. The number of rotatable bonds is 7. The zero-order valence-electron chi connectivity index (χ0n) is 14.7. The van der Waals surface area contributed by atoms with Crippen molar-refractivity contribution in [2.75, 3.05) is 33.7 Å². The first-order chi connectivity index (χ1) is 11.0. The van der Waals surface area contributed by atoms with Gasteiger partial charge in [0.05, 0.1) is 13.1 Å². The summed E-state index contributed by atoms with van der Waals surface area (Å²) < 4.78 is 5.88. The zero-order valence-corrected chi connectivity index (χ0v) is 14.7. The van der Waals surface area contributed by atoms with Gasteiger partial charge in [0.15, 0.2) is 0 Å². The largest absolute Gasteiger partial charge is 0.487 e. The summed E-state index contributed by atoms with van der Waals surface area (Å²) >= 11 is 0. The third-order valence-corrected chi connectivity index (χ3v) is 4.27. The Kier molecular flexibility index (Phi) is 6.28. The summed E-state index contributed by atoms with van der Waals surface area (Å²) in [5, 5.41) is 3.03.